The second-order valence-electron chi connectivity index (χ2n) is 4.46. The molecule has 0 heterocycles. The van der Waals surface area contributed by atoms with Crippen LogP contribution in [0.25, 0.3) is 0 Å². The minimum Gasteiger partial charge on any atom is -0.318 e. The Labute approximate surface area is 109 Å². The van der Waals surface area contributed by atoms with Gasteiger partial charge in [-0.05, 0) is 41.8 Å². The van der Waals surface area contributed by atoms with E-state index in [2.05, 4.69) is 0 Å². The number of rotatable bonds is 3. The van der Waals surface area contributed by atoms with E-state index in [0.717, 1.165) is 12.1 Å². The number of hydrogen-bond donors (Lipinski definition) is 1. The minimum absolute atomic E-state index is 0.414. The lowest BCUT2D eigenvalue weighted by molar-refractivity contribution is 0.483. The highest BCUT2D eigenvalue weighted by atomic mass is 19.2. The maximum atomic E-state index is 13.3. The molecule has 1 nitrogen and oxygen atoms in total. The highest BCUT2D eigenvalue weighted by Gasteiger charge is 2.28. The van der Waals surface area contributed by atoms with Crippen molar-refractivity contribution in [3.63, 3.8) is 0 Å². The van der Waals surface area contributed by atoms with Gasteiger partial charge < -0.3 is 5.73 Å². The quantitative estimate of drug-likeness (QED) is 0.899. The third kappa shape index (κ3) is 2.49. The normalized spacial score (nSPS) is 14.2. The molecule has 1 atom stereocenters. The molecule has 2 rings (SSSR count). The van der Waals surface area contributed by atoms with Crippen LogP contribution in [-0.4, -0.2) is 0 Å². The molecule has 2 aromatic rings. The fourth-order valence-corrected chi connectivity index (χ4v) is 2.11. The predicted molar refractivity (Wildman–Crippen MR) is 68.0 cm³/mol. The summed E-state index contributed by atoms with van der Waals surface area (Å²) < 4.78 is 39.6. The van der Waals surface area contributed by atoms with Crippen LogP contribution in [0.15, 0.2) is 42.5 Å². The number of nitrogens with two attached hydrogens (primary N) is 1. The van der Waals surface area contributed by atoms with Gasteiger partial charge in [0.2, 0.25) is 0 Å². The first kappa shape index (κ1) is 13.6. The molecule has 0 saturated carbocycles. The van der Waals surface area contributed by atoms with E-state index in [-0.39, 0.29) is 0 Å². The highest BCUT2D eigenvalue weighted by molar-refractivity contribution is 5.38. The summed E-state index contributed by atoms with van der Waals surface area (Å²) >= 11 is 0. The summed E-state index contributed by atoms with van der Waals surface area (Å²) in [7, 11) is 0. The summed E-state index contributed by atoms with van der Waals surface area (Å²) in [5.74, 6) is -2.30. The van der Waals surface area contributed by atoms with E-state index in [1.54, 1.807) is 12.1 Å². The molecule has 0 saturated heterocycles. The molecule has 0 bridgehead atoms. The zero-order chi connectivity index (χ0) is 14.0. The first-order valence-corrected chi connectivity index (χ1v) is 5.98. The lowest BCUT2D eigenvalue weighted by Crippen LogP contribution is -2.37. The first-order chi connectivity index (χ1) is 8.97. The SMILES string of the molecule is CCC(N)(c1cccc(F)c1)c1ccc(F)c(F)c1. The van der Waals surface area contributed by atoms with Gasteiger partial charge in [-0.25, -0.2) is 13.2 Å². The van der Waals surface area contributed by atoms with Gasteiger partial charge >= 0.3 is 0 Å². The van der Waals surface area contributed by atoms with Crippen LogP contribution in [0.3, 0.4) is 0 Å². The van der Waals surface area contributed by atoms with Crippen molar-refractivity contribution in [2.24, 2.45) is 5.73 Å². The summed E-state index contributed by atoms with van der Waals surface area (Å²) in [4.78, 5) is 0. The predicted octanol–water partition coefficient (Wildman–Crippen LogP) is 3.72. The second kappa shape index (κ2) is 5.05. The van der Waals surface area contributed by atoms with Crippen LogP contribution < -0.4 is 5.73 Å². The molecule has 19 heavy (non-hydrogen) atoms. The Hall–Kier alpha value is -1.81. The van der Waals surface area contributed by atoms with Crippen LogP contribution in [0.2, 0.25) is 0 Å². The largest absolute Gasteiger partial charge is 0.318 e. The Morgan fingerprint density at radius 2 is 1.63 bits per heavy atom. The van der Waals surface area contributed by atoms with Crippen molar-refractivity contribution in [2.45, 2.75) is 18.9 Å². The van der Waals surface area contributed by atoms with Gasteiger partial charge in [-0.1, -0.05) is 25.1 Å². The van der Waals surface area contributed by atoms with E-state index in [1.165, 1.54) is 18.2 Å². The molecule has 0 spiro atoms. The fraction of sp³-hybridized carbons (Fsp3) is 0.200. The molecule has 2 N–H and O–H groups in total. The van der Waals surface area contributed by atoms with Gasteiger partial charge in [0.25, 0.3) is 0 Å². The van der Waals surface area contributed by atoms with Crippen molar-refractivity contribution in [2.75, 3.05) is 0 Å². The van der Waals surface area contributed by atoms with Gasteiger partial charge in [-0.2, -0.15) is 0 Å². The smallest absolute Gasteiger partial charge is 0.159 e. The lowest BCUT2D eigenvalue weighted by Gasteiger charge is -2.29. The van der Waals surface area contributed by atoms with E-state index >= 15 is 0 Å². The van der Waals surface area contributed by atoms with Gasteiger partial charge in [0.15, 0.2) is 11.6 Å². The first-order valence-electron chi connectivity index (χ1n) is 5.98. The molecular weight excluding hydrogens is 251 g/mol. The Morgan fingerprint density at radius 1 is 0.947 bits per heavy atom. The third-order valence-electron chi connectivity index (χ3n) is 3.33. The Bertz CT molecular complexity index is 598. The van der Waals surface area contributed by atoms with Crippen molar-refractivity contribution in [1.82, 2.24) is 0 Å². The van der Waals surface area contributed by atoms with Crippen molar-refractivity contribution in [3.05, 3.63) is 71.0 Å². The van der Waals surface area contributed by atoms with Gasteiger partial charge in [-0.3, -0.25) is 0 Å². The van der Waals surface area contributed by atoms with Crippen LogP contribution in [0.5, 0.6) is 0 Å². The molecule has 1 unspecified atom stereocenters. The molecular formula is C15H14F3N. The summed E-state index contributed by atoms with van der Waals surface area (Å²) in [6, 6.07) is 9.35. The van der Waals surface area contributed by atoms with Crippen LogP contribution >= 0.6 is 0 Å². The molecule has 0 amide bonds. The molecule has 4 heteroatoms. The van der Waals surface area contributed by atoms with Crippen LogP contribution in [-0.2, 0) is 5.54 Å². The van der Waals surface area contributed by atoms with Crippen LogP contribution in [0.4, 0.5) is 13.2 Å². The van der Waals surface area contributed by atoms with E-state index < -0.39 is 23.0 Å². The Morgan fingerprint density at radius 3 is 2.21 bits per heavy atom. The third-order valence-corrected chi connectivity index (χ3v) is 3.33. The molecule has 100 valence electrons. The summed E-state index contributed by atoms with van der Waals surface area (Å²) in [5, 5.41) is 0. The van der Waals surface area contributed by atoms with Crippen molar-refractivity contribution < 1.29 is 13.2 Å². The molecule has 0 aromatic heterocycles. The zero-order valence-electron chi connectivity index (χ0n) is 10.5. The average molecular weight is 265 g/mol. The van der Waals surface area contributed by atoms with Crippen LogP contribution in [0.1, 0.15) is 24.5 Å². The monoisotopic (exact) mass is 265 g/mol. The lowest BCUT2D eigenvalue weighted by atomic mass is 9.81. The van der Waals surface area contributed by atoms with Gasteiger partial charge in [0.05, 0.1) is 5.54 Å². The average Bonchev–Trinajstić information content (AvgIpc) is 2.41. The van der Waals surface area contributed by atoms with E-state index in [1.807, 2.05) is 6.92 Å². The Kier molecular flexibility index (Phi) is 3.62. The van der Waals surface area contributed by atoms with E-state index in [0.29, 0.717) is 17.5 Å². The van der Waals surface area contributed by atoms with Crippen molar-refractivity contribution in [3.8, 4) is 0 Å². The van der Waals surface area contributed by atoms with Crippen LogP contribution in [0, 0.1) is 17.5 Å². The molecule has 0 fully saturated rings. The highest BCUT2D eigenvalue weighted by Crippen LogP contribution is 2.31. The van der Waals surface area contributed by atoms with Crippen molar-refractivity contribution in [1.29, 1.82) is 0 Å². The summed E-state index contributed by atoms with van der Waals surface area (Å²) in [5.41, 5.74) is 6.17. The van der Waals surface area contributed by atoms with Crippen molar-refractivity contribution >= 4 is 0 Å². The zero-order valence-corrected chi connectivity index (χ0v) is 10.5. The Balaban J connectivity index is 2.56. The van der Waals surface area contributed by atoms with Gasteiger partial charge in [-0.15, -0.1) is 0 Å². The van der Waals surface area contributed by atoms with E-state index in [9.17, 15) is 13.2 Å². The van der Waals surface area contributed by atoms with Gasteiger partial charge in [0.1, 0.15) is 5.82 Å². The topological polar surface area (TPSA) is 26.0 Å². The summed E-state index contributed by atoms with van der Waals surface area (Å²) in [6.07, 6.45) is 0.432. The minimum atomic E-state index is -1.05. The fourth-order valence-electron chi connectivity index (χ4n) is 2.11. The molecule has 0 aliphatic rings. The second-order valence-corrected chi connectivity index (χ2v) is 4.46. The number of halogens is 3. The molecule has 0 aliphatic carbocycles. The number of hydrogen-bond acceptors (Lipinski definition) is 1. The maximum Gasteiger partial charge on any atom is 0.159 e. The van der Waals surface area contributed by atoms with E-state index in [4.69, 9.17) is 5.73 Å². The number of benzene rings is 2. The molecule has 0 radical (unpaired) electrons. The standard InChI is InChI=1S/C15H14F3N/c1-2-15(19,10-4-3-5-12(16)8-10)11-6-7-13(17)14(18)9-11/h3-9H,2,19H2,1H3. The summed E-state index contributed by atoms with van der Waals surface area (Å²) in [6.45, 7) is 1.81. The van der Waals surface area contributed by atoms with Gasteiger partial charge in [0, 0.05) is 0 Å². The molecule has 0 aliphatic heterocycles. The maximum absolute atomic E-state index is 13.3. The molecule has 2 aromatic carbocycles.